The van der Waals surface area contributed by atoms with Crippen LogP contribution < -0.4 is 5.46 Å². The summed E-state index contributed by atoms with van der Waals surface area (Å²) < 4.78 is 25.1. The van der Waals surface area contributed by atoms with E-state index in [0.29, 0.717) is 0 Å². The van der Waals surface area contributed by atoms with Gasteiger partial charge in [-0.1, -0.05) is 11.5 Å². The molecule has 0 aliphatic heterocycles. The Labute approximate surface area is 64.9 Å². The molecule has 1 nitrogen and oxygen atoms in total. The molecule has 0 amide bonds. The largest absolute Gasteiger partial charge is 0.271 e. The fourth-order valence-corrected chi connectivity index (χ4v) is 0.698. The van der Waals surface area contributed by atoms with Crippen molar-refractivity contribution >= 4 is 13.3 Å². The summed E-state index contributed by atoms with van der Waals surface area (Å²) in [5, 5.41) is 0. The molecule has 0 bridgehead atoms. The zero-order valence-electron chi connectivity index (χ0n) is 6.01. The predicted molar refractivity (Wildman–Crippen MR) is 39.2 cm³/mol. The molecular formula is C7H6BF2N. The van der Waals surface area contributed by atoms with E-state index < -0.39 is 5.92 Å². The van der Waals surface area contributed by atoms with Crippen LogP contribution in [0.3, 0.4) is 0 Å². The van der Waals surface area contributed by atoms with Gasteiger partial charge in [-0.05, 0) is 0 Å². The zero-order chi connectivity index (χ0) is 8.48. The zero-order valence-corrected chi connectivity index (χ0v) is 6.01. The van der Waals surface area contributed by atoms with Gasteiger partial charge in [0, 0.05) is 24.9 Å². The van der Waals surface area contributed by atoms with Gasteiger partial charge < -0.3 is 0 Å². The molecule has 0 spiro atoms. The molecule has 0 N–H and O–H groups in total. The quantitative estimate of drug-likeness (QED) is 0.548. The molecule has 0 aliphatic carbocycles. The van der Waals surface area contributed by atoms with Crippen molar-refractivity contribution in [3.05, 3.63) is 24.0 Å². The minimum absolute atomic E-state index is 0.155. The second-order valence-corrected chi connectivity index (χ2v) is 2.40. The van der Waals surface area contributed by atoms with Gasteiger partial charge in [0.2, 0.25) is 0 Å². The first-order valence-corrected chi connectivity index (χ1v) is 3.09. The SMILES string of the molecule is [B]c1cncc(C(C)(F)F)c1. The van der Waals surface area contributed by atoms with Gasteiger partial charge in [-0.3, -0.25) is 4.98 Å². The highest BCUT2D eigenvalue weighted by atomic mass is 19.3. The van der Waals surface area contributed by atoms with Crippen molar-refractivity contribution in [1.29, 1.82) is 0 Å². The monoisotopic (exact) mass is 153 g/mol. The van der Waals surface area contributed by atoms with Crippen LogP contribution in [0, 0.1) is 0 Å². The molecule has 1 heterocycles. The van der Waals surface area contributed by atoms with Gasteiger partial charge >= 0.3 is 0 Å². The van der Waals surface area contributed by atoms with Crippen LogP contribution in [0.5, 0.6) is 0 Å². The summed E-state index contributed by atoms with van der Waals surface area (Å²) in [5.74, 6) is -2.86. The van der Waals surface area contributed by atoms with E-state index in [2.05, 4.69) is 4.98 Å². The number of rotatable bonds is 1. The molecule has 2 radical (unpaired) electrons. The standard InChI is InChI=1S/C7H6BF2N/c1-7(9,10)5-2-6(8)4-11-3-5/h2-4H,1H3. The van der Waals surface area contributed by atoms with E-state index in [-0.39, 0.29) is 11.0 Å². The van der Waals surface area contributed by atoms with E-state index in [1.165, 1.54) is 12.3 Å². The summed E-state index contributed by atoms with van der Waals surface area (Å²) in [6.07, 6.45) is 2.44. The minimum Gasteiger partial charge on any atom is -0.265 e. The Morgan fingerprint density at radius 3 is 2.45 bits per heavy atom. The third kappa shape index (κ3) is 2.00. The molecule has 0 saturated carbocycles. The van der Waals surface area contributed by atoms with Crippen molar-refractivity contribution in [2.75, 3.05) is 0 Å². The molecule has 0 fully saturated rings. The smallest absolute Gasteiger partial charge is 0.265 e. The summed E-state index contributed by atoms with van der Waals surface area (Å²) in [4.78, 5) is 3.55. The number of pyridine rings is 1. The third-order valence-electron chi connectivity index (χ3n) is 1.27. The van der Waals surface area contributed by atoms with Crippen molar-refractivity contribution in [1.82, 2.24) is 4.98 Å². The lowest BCUT2D eigenvalue weighted by molar-refractivity contribution is 0.0172. The number of halogens is 2. The van der Waals surface area contributed by atoms with Crippen LogP contribution in [0.25, 0.3) is 0 Å². The summed E-state index contributed by atoms with van der Waals surface area (Å²) >= 11 is 0. The third-order valence-corrected chi connectivity index (χ3v) is 1.27. The van der Waals surface area contributed by atoms with Crippen molar-refractivity contribution in [3.8, 4) is 0 Å². The molecule has 0 unspecified atom stereocenters. The van der Waals surface area contributed by atoms with Gasteiger partial charge in [0.15, 0.2) is 0 Å². The van der Waals surface area contributed by atoms with Crippen LogP contribution in [0.1, 0.15) is 12.5 Å². The predicted octanol–water partition coefficient (Wildman–Crippen LogP) is 0.987. The lowest BCUT2D eigenvalue weighted by Crippen LogP contribution is -2.13. The van der Waals surface area contributed by atoms with Crippen LogP contribution in [0.4, 0.5) is 8.78 Å². The van der Waals surface area contributed by atoms with Gasteiger partial charge in [0.1, 0.15) is 7.85 Å². The molecule has 0 atom stereocenters. The van der Waals surface area contributed by atoms with Crippen molar-refractivity contribution in [2.24, 2.45) is 0 Å². The Morgan fingerprint density at radius 1 is 1.45 bits per heavy atom. The Kier molecular flexibility index (Phi) is 1.93. The highest BCUT2D eigenvalue weighted by Crippen LogP contribution is 2.24. The summed E-state index contributed by atoms with van der Waals surface area (Å²) in [5.41, 5.74) is 0.0986. The fraction of sp³-hybridized carbons (Fsp3) is 0.286. The van der Waals surface area contributed by atoms with Crippen LogP contribution in [-0.2, 0) is 5.92 Å². The minimum atomic E-state index is -2.86. The maximum absolute atomic E-state index is 12.5. The molecule has 0 aromatic carbocycles. The molecule has 0 aliphatic rings. The second-order valence-electron chi connectivity index (χ2n) is 2.40. The van der Waals surface area contributed by atoms with Crippen molar-refractivity contribution in [2.45, 2.75) is 12.8 Å². The van der Waals surface area contributed by atoms with E-state index >= 15 is 0 Å². The van der Waals surface area contributed by atoms with Crippen LogP contribution in [-0.4, -0.2) is 12.8 Å². The van der Waals surface area contributed by atoms with Gasteiger partial charge in [0.05, 0.1) is 0 Å². The number of hydrogen-bond donors (Lipinski definition) is 0. The first kappa shape index (κ1) is 8.17. The number of hydrogen-bond acceptors (Lipinski definition) is 1. The normalized spacial score (nSPS) is 11.5. The Morgan fingerprint density at radius 2 is 2.09 bits per heavy atom. The summed E-state index contributed by atoms with van der Waals surface area (Å²) in [6.45, 7) is 0.809. The second kappa shape index (κ2) is 2.60. The van der Waals surface area contributed by atoms with Gasteiger partial charge in [0.25, 0.3) is 5.92 Å². The average Bonchev–Trinajstić information content (AvgIpc) is 1.86. The van der Waals surface area contributed by atoms with Crippen LogP contribution in [0.15, 0.2) is 18.5 Å². The Balaban J connectivity index is 3.06. The lowest BCUT2D eigenvalue weighted by Gasteiger charge is -2.09. The first-order valence-electron chi connectivity index (χ1n) is 3.09. The summed E-state index contributed by atoms with van der Waals surface area (Å²) in [7, 11) is 5.26. The number of alkyl halides is 2. The molecular weight excluding hydrogens is 147 g/mol. The van der Waals surface area contributed by atoms with Gasteiger partial charge in [-0.2, -0.15) is 0 Å². The Hall–Kier alpha value is -0.925. The fourth-order valence-electron chi connectivity index (χ4n) is 0.698. The maximum atomic E-state index is 12.5. The number of nitrogens with zero attached hydrogens (tertiary/aromatic N) is 1. The lowest BCUT2D eigenvalue weighted by atomic mass is 9.96. The highest BCUT2D eigenvalue weighted by Gasteiger charge is 2.24. The van der Waals surface area contributed by atoms with Crippen LogP contribution >= 0.6 is 0 Å². The molecule has 1 aromatic rings. The Bertz CT molecular complexity index is 257. The van der Waals surface area contributed by atoms with Gasteiger partial charge in [-0.15, -0.1) is 0 Å². The van der Waals surface area contributed by atoms with E-state index in [1.807, 2.05) is 0 Å². The average molecular weight is 153 g/mol. The highest BCUT2D eigenvalue weighted by molar-refractivity contribution is 6.32. The number of aromatic nitrogens is 1. The molecule has 4 heteroatoms. The van der Waals surface area contributed by atoms with E-state index in [0.717, 1.165) is 13.1 Å². The summed E-state index contributed by atoms with van der Waals surface area (Å²) in [6, 6.07) is 1.22. The van der Waals surface area contributed by atoms with E-state index in [1.54, 1.807) is 0 Å². The van der Waals surface area contributed by atoms with Crippen LogP contribution in [0.2, 0.25) is 0 Å². The van der Waals surface area contributed by atoms with E-state index in [9.17, 15) is 8.78 Å². The van der Waals surface area contributed by atoms with Gasteiger partial charge in [-0.25, -0.2) is 8.78 Å². The maximum Gasteiger partial charge on any atom is 0.271 e. The topological polar surface area (TPSA) is 12.9 Å². The van der Waals surface area contributed by atoms with E-state index in [4.69, 9.17) is 7.85 Å². The molecule has 56 valence electrons. The van der Waals surface area contributed by atoms with Crippen molar-refractivity contribution in [3.63, 3.8) is 0 Å². The first-order chi connectivity index (χ1) is 5.00. The van der Waals surface area contributed by atoms with Crippen molar-refractivity contribution < 1.29 is 8.78 Å². The molecule has 0 saturated heterocycles. The molecule has 1 aromatic heterocycles. The molecule has 11 heavy (non-hydrogen) atoms. The molecule has 1 rings (SSSR count).